The van der Waals surface area contributed by atoms with Crippen LogP contribution in [0.25, 0.3) is 0 Å². The number of urea groups is 1. The Kier molecular flexibility index (Phi) is 6.94. The van der Waals surface area contributed by atoms with Crippen molar-refractivity contribution in [2.75, 3.05) is 43.4 Å². The van der Waals surface area contributed by atoms with Gasteiger partial charge in [0, 0.05) is 38.9 Å². The fourth-order valence-electron chi connectivity index (χ4n) is 2.95. The van der Waals surface area contributed by atoms with E-state index in [0.717, 1.165) is 17.8 Å². The Hall–Kier alpha value is -2.36. The van der Waals surface area contributed by atoms with Gasteiger partial charge in [-0.2, -0.15) is 0 Å². The number of aliphatic hydroxyl groups is 1. The van der Waals surface area contributed by atoms with Crippen molar-refractivity contribution in [3.8, 4) is 0 Å². The molecule has 1 aliphatic heterocycles. The van der Waals surface area contributed by atoms with Crippen molar-refractivity contribution in [2.45, 2.75) is 12.5 Å². The Morgan fingerprint density at radius 1 is 1.31 bits per heavy atom. The van der Waals surface area contributed by atoms with Gasteiger partial charge in [-0.15, -0.1) is 11.3 Å². The molecule has 1 aliphatic rings. The largest absolute Gasteiger partial charge is 0.389 e. The number of benzene rings is 1. The maximum atomic E-state index is 14.4. The minimum Gasteiger partial charge on any atom is -0.389 e. The van der Waals surface area contributed by atoms with E-state index in [0.29, 0.717) is 28.0 Å². The molecule has 3 N–H and O–H groups in total. The van der Waals surface area contributed by atoms with E-state index < -0.39 is 11.9 Å². The molecular formula is C19H22ClFN4O3S. The zero-order valence-corrected chi connectivity index (χ0v) is 17.4. The summed E-state index contributed by atoms with van der Waals surface area (Å²) in [6, 6.07) is 7.57. The highest BCUT2D eigenvalue weighted by Gasteiger charge is 2.24. The Labute approximate surface area is 177 Å². The van der Waals surface area contributed by atoms with Crippen LogP contribution in [0.3, 0.4) is 0 Å². The summed E-state index contributed by atoms with van der Waals surface area (Å²) in [5, 5.41) is 15.5. The number of carbonyl (C=O) groups excluding carboxylic acids is 2. The Bertz CT molecular complexity index is 894. The van der Waals surface area contributed by atoms with E-state index in [1.54, 1.807) is 30.1 Å². The van der Waals surface area contributed by atoms with Crippen LogP contribution in [0.4, 0.5) is 20.6 Å². The number of halogens is 2. The van der Waals surface area contributed by atoms with Crippen LogP contribution in [0, 0.1) is 5.82 Å². The van der Waals surface area contributed by atoms with E-state index in [1.807, 2.05) is 0 Å². The van der Waals surface area contributed by atoms with E-state index in [4.69, 9.17) is 11.6 Å². The van der Waals surface area contributed by atoms with Gasteiger partial charge >= 0.3 is 6.03 Å². The predicted octanol–water partition coefficient (Wildman–Crippen LogP) is 3.01. The van der Waals surface area contributed by atoms with Gasteiger partial charge in [-0.25, -0.2) is 9.18 Å². The van der Waals surface area contributed by atoms with E-state index in [2.05, 4.69) is 10.6 Å². The van der Waals surface area contributed by atoms with Crippen LogP contribution in [0.2, 0.25) is 4.34 Å². The molecule has 2 aromatic rings. The molecule has 0 spiro atoms. The van der Waals surface area contributed by atoms with Crippen LogP contribution in [-0.2, 0) is 0 Å². The third-order valence-electron chi connectivity index (χ3n) is 4.52. The number of thiophene rings is 1. The number of aliphatic hydroxyl groups excluding tert-OH is 1. The highest BCUT2D eigenvalue weighted by molar-refractivity contribution is 7.17. The first kappa shape index (κ1) is 21.4. The Morgan fingerprint density at radius 2 is 2.10 bits per heavy atom. The zero-order valence-electron chi connectivity index (χ0n) is 15.8. The van der Waals surface area contributed by atoms with Crippen molar-refractivity contribution in [2.24, 2.45) is 0 Å². The molecule has 29 heavy (non-hydrogen) atoms. The van der Waals surface area contributed by atoms with Gasteiger partial charge in [-0.05, 0) is 36.8 Å². The van der Waals surface area contributed by atoms with Crippen molar-refractivity contribution in [3.63, 3.8) is 0 Å². The molecule has 0 bridgehead atoms. The van der Waals surface area contributed by atoms with Crippen LogP contribution in [0.5, 0.6) is 0 Å². The third-order valence-corrected chi connectivity index (χ3v) is 5.75. The number of amides is 3. The summed E-state index contributed by atoms with van der Waals surface area (Å²) in [4.78, 5) is 27.7. The minimum atomic E-state index is -0.911. The summed E-state index contributed by atoms with van der Waals surface area (Å²) in [6.45, 7) is 1.29. The lowest BCUT2D eigenvalue weighted by atomic mass is 10.2. The Morgan fingerprint density at radius 3 is 2.79 bits per heavy atom. The molecule has 10 heteroatoms. The number of carbonyl (C=O) groups is 2. The van der Waals surface area contributed by atoms with Crippen molar-refractivity contribution in [1.82, 2.24) is 10.2 Å². The predicted molar refractivity (Wildman–Crippen MR) is 113 cm³/mol. The van der Waals surface area contributed by atoms with Gasteiger partial charge in [0.25, 0.3) is 5.91 Å². The van der Waals surface area contributed by atoms with Crippen molar-refractivity contribution in [1.29, 1.82) is 0 Å². The molecule has 7 nitrogen and oxygen atoms in total. The molecule has 1 fully saturated rings. The topological polar surface area (TPSA) is 84.9 Å². The Balaban J connectivity index is 1.51. The lowest BCUT2D eigenvalue weighted by Gasteiger charge is -2.33. The molecule has 1 saturated heterocycles. The monoisotopic (exact) mass is 440 g/mol. The normalized spacial score (nSPS) is 15.4. The molecule has 3 amide bonds. The molecular weight excluding hydrogens is 419 g/mol. The second-order valence-corrected chi connectivity index (χ2v) is 8.44. The first-order valence-electron chi connectivity index (χ1n) is 9.13. The fourth-order valence-corrected chi connectivity index (χ4v) is 3.91. The summed E-state index contributed by atoms with van der Waals surface area (Å²) >= 11 is 6.94. The fraction of sp³-hybridized carbons (Fsp3) is 0.368. The number of anilines is 2. The van der Waals surface area contributed by atoms with Crippen molar-refractivity contribution >= 4 is 46.3 Å². The van der Waals surface area contributed by atoms with E-state index in [1.165, 1.54) is 17.0 Å². The van der Waals surface area contributed by atoms with Crippen LogP contribution in [-0.4, -0.2) is 61.3 Å². The summed E-state index contributed by atoms with van der Waals surface area (Å²) in [5.41, 5.74) is 0.703. The van der Waals surface area contributed by atoms with Gasteiger partial charge in [0.2, 0.25) is 0 Å². The maximum Gasteiger partial charge on any atom is 0.324 e. The number of rotatable bonds is 7. The van der Waals surface area contributed by atoms with E-state index in [-0.39, 0.29) is 30.7 Å². The standard InChI is InChI=1S/C19H22ClFN4O3S/c1-24-7-2-8-25(19(24)28)12-3-4-15(14(21)9-12)22-10-13(26)11-23-18(27)16-5-6-17(20)29-16/h3-6,9,13,22,26H,2,7-8,10-11H2,1H3,(H,23,27)/t13-/m1/s1. The van der Waals surface area contributed by atoms with Gasteiger partial charge in [0.15, 0.2) is 0 Å². The smallest absolute Gasteiger partial charge is 0.324 e. The quantitative estimate of drug-likeness (QED) is 0.618. The molecule has 1 aromatic carbocycles. The summed E-state index contributed by atoms with van der Waals surface area (Å²) in [5.74, 6) is -0.847. The van der Waals surface area contributed by atoms with Gasteiger partial charge in [-0.1, -0.05) is 11.6 Å². The van der Waals surface area contributed by atoms with Crippen LogP contribution in [0.15, 0.2) is 30.3 Å². The summed E-state index contributed by atoms with van der Waals surface area (Å²) < 4.78 is 14.9. The first-order chi connectivity index (χ1) is 13.8. The average molecular weight is 441 g/mol. The molecule has 1 atom stereocenters. The molecule has 156 valence electrons. The highest BCUT2D eigenvalue weighted by Crippen LogP contribution is 2.25. The van der Waals surface area contributed by atoms with Crippen LogP contribution >= 0.6 is 22.9 Å². The minimum absolute atomic E-state index is 0.00959. The van der Waals surface area contributed by atoms with Crippen molar-refractivity contribution < 1.29 is 19.1 Å². The zero-order chi connectivity index (χ0) is 21.0. The first-order valence-corrected chi connectivity index (χ1v) is 10.3. The van der Waals surface area contributed by atoms with Crippen LogP contribution in [0.1, 0.15) is 16.1 Å². The highest BCUT2D eigenvalue weighted by atomic mass is 35.5. The summed E-state index contributed by atoms with van der Waals surface area (Å²) in [6.07, 6.45) is -0.0924. The molecule has 0 unspecified atom stereocenters. The SMILES string of the molecule is CN1CCCN(c2ccc(NC[C@@H](O)CNC(=O)c3ccc(Cl)s3)c(F)c2)C1=O. The number of hydrogen-bond donors (Lipinski definition) is 3. The molecule has 3 rings (SSSR count). The van der Waals surface area contributed by atoms with Crippen LogP contribution < -0.4 is 15.5 Å². The second kappa shape index (κ2) is 9.43. The number of nitrogens with one attached hydrogen (secondary N) is 2. The second-order valence-electron chi connectivity index (χ2n) is 6.72. The molecule has 0 saturated carbocycles. The third kappa shape index (κ3) is 5.37. The number of nitrogens with zero attached hydrogens (tertiary/aromatic N) is 2. The van der Waals surface area contributed by atoms with Crippen molar-refractivity contribution in [3.05, 3.63) is 45.4 Å². The molecule has 2 heterocycles. The lowest BCUT2D eigenvalue weighted by Crippen LogP contribution is -2.47. The molecule has 0 radical (unpaired) electrons. The molecule has 1 aromatic heterocycles. The number of hydrogen-bond acceptors (Lipinski definition) is 5. The average Bonchev–Trinajstić information content (AvgIpc) is 3.13. The van der Waals surface area contributed by atoms with Gasteiger partial charge in [-0.3, -0.25) is 9.69 Å². The van der Waals surface area contributed by atoms with Gasteiger partial charge in [0.1, 0.15) is 5.82 Å². The van der Waals surface area contributed by atoms with E-state index >= 15 is 0 Å². The maximum absolute atomic E-state index is 14.4. The summed E-state index contributed by atoms with van der Waals surface area (Å²) in [7, 11) is 1.72. The lowest BCUT2D eigenvalue weighted by molar-refractivity contribution is 0.0925. The van der Waals surface area contributed by atoms with Gasteiger partial charge < -0.3 is 20.6 Å². The molecule has 0 aliphatic carbocycles. The van der Waals surface area contributed by atoms with E-state index in [9.17, 15) is 19.1 Å². The van der Waals surface area contributed by atoms with Gasteiger partial charge in [0.05, 0.1) is 21.0 Å².